The summed E-state index contributed by atoms with van der Waals surface area (Å²) in [5.74, 6) is 0.299. The van der Waals surface area contributed by atoms with Gasteiger partial charge < -0.3 is 21.7 Å². The molecule has 5 N–H and O–H groups in total. The average molecular weight is 352 g/mol. The maximum absolute atomic E-state index is 12.4. The standard InChI is InChI=1S/C20H24N4O2/c21-13-14-5-4-8-18(14)19(25)22-16-9-11-17(12-10-16)24-20(26)23-15-6-2-1-3-7-15/h1-3,6-7,9-12,14,18H,4-5,8,13,21H2,(H,22,25)(H2,23,24,26)/t14-,18-/m1/s1. The van der Waals surface area contributed by atoms with Crippen LogP contribution in [0.25, 0.3) is 0 Å². The molecule has 0 aliphatic heterocycles. The van der Waals surface area contributed by atoms with Gasteiger partial charge in [0.25, 0.3) is 0 Å². The first kappa shape index (κ1) is 17.9. The lowest BCUT2D eigenvalue weighted by molar-refractivity contribution is -0.120. The number of anilines is 3. The summed E-state index contributed by atoms with van der Waals surface area (Å²) in [4.78, 5) is 24.4. The molecule has 2 atom stereocenters. The molecule has 0 spiro atoms. The number of hydrogen-bond donors (Lipinski definition) is 4. The van der Waals surface area contributed by atoms with Crippen molar-refractivity contribution in [3.63, 3.8) is 0 Å². The molecule has 26 heavy (non-hydrogen) atoms. The number of urea groups is 1. The predicted octanol–water partition coefficient (Wildman–Crippen LogP) is 3.64. The smallest absolute Gasteiger partial charge is 0.323 e. The molecule has 0 unspecified atom stereocenters. The van der Waals surface area contributed by atoms with Crippen LogP contribution in [0.3, 0.4) is 0 Å². The summed E-state index contributed by atoms with van der Waals surface area (Å²) in [5.41, 5.74) is 7.84. The van der Waals surface area contributed by atoms with Crippen molar-refractivity contribution in [3.8, 4) is 0 Å². The maximum atomic E-state index is 12.4. The van der Waals surface area contributed by atoms with Crippen LogP contribution in [0.15, 0.2) is 54.6 Å². The maximum Gasteiger partial charge on any atom is 0.323 e. The fraction of sp³-hybridized carbons (Fsp3) is 0.300. The molecular weight excluding hydrogens is 328 g/mol. The van der Waals surface area contributed by atoms with Crippen molar-refractivity contribution in [1.82, 2.24) is 0 Å². The van der Waals surface area contributed by atoms with Gasteiger partial charge in [-0.2, -0.15) is 0 Å². The zero-order valence-corrected chi connectivity index (χ0v) is 14.6. The summed E-state index contributed by atoms with van der Waals surface area (Å²) in [6.07, 6.45) is 2.97. The van der Waals surface area contributed by atoms with Crippen LogP contribution in [0.2, 0.25) is 0 Å². The van der Waals surface area contributed by atoms with E-state index in [0.717, 1.165) is 24.9 Å². The van der Waals surface area contributed by atoms with Crippen LogP contribution in [0.4, 0.5) is 21.9 Å². The number of amides is 3. The molecule has 0 aromatic heterocycles. The topological polar surface area (TPSA) is 96.2 Å². The summed E-state index contributed by atoms with van der Waals surface area (Å²) in [6, 6.07) is 16.0. The Morgan fingerprint density at radius 1 is 0.846 bits per heavy atom. The second-order valence-electron chi connectivity index (χ2n) is 6.54. The van der Waals surface area contributed by atoms with Crippen LogP contribution in [-0.4, -0.2) is 18.5 Å². The summed E-state index contributed by atoms with van der Waals surface area (Å²) in [5, 5.41) is 8.46. The molecule has 2 aromatic rings. The van der Waals surface area contributed by atoms with Crippen molar-refractivity contribution in [2.75, 3.05) is 22.5 Å². The van der Waals surface area contributed by atoms with Crippen molar-refractivity contribution in [2.45, 2.75) is 19.3 Å². The van der Waals surface area contributed by atoms with Crippen LogP contribution in [0.5, 0.6) is 0 Å². The molecule has 1 saturated carbocycles. The number of nitrogens with two attached hydrogens (primary N) is 1. The van der Waals surface area contributed by atoms with Crippen LogP contribution >= 0.6 is 0 Å². The normalized spacial score (nSPS) is 19.0. The molecule has 1 aliphatic rings. The van der Waals surface area contributed by atoms with Gasteiger partial charge in [-0.25, -0.2) is 4.79 Å². The van der Waals surface area contributed by atoms with E-state index in [2.05, 4.69) is 16.0 Å². The Morgan fingerprint density at radius 2 is 1.42 bits per heavy atom. The SMILES string of the molecule is NC[C@H]1CCC[C@H]1C(=O)Nc1ccc(NC(=O)Nc2ccccc2)cc1. The highest BCUT2D eigenvalue weighted by molar-refractivity contribution is 6.00. The molecule has 6 heteroatoms. The molecule has 0 bridgehead atoms. The van der Waals surface area contributed by atoms with E-state index >= 15 is 0 Å². The van der Waals surface area contributed by atoms with E-state index in [9.17, 15) is 9.59 Å². The van der Waals surface area contributed by atoms with E-state index in [1.165, 1.54) is 0 Å². The number of nitrogens with one attached hydrogen (secondary N) is 3. The van der Waals surface area contributed by atoms with Crippen LogP contribution in [0.1, 0.15) is 19.3 Å². The first-order valence-electron chi connectivity index (χ1n) is 8.90. The minimum absolute atomic E-state index is 0.00514. The molecule has 1 aliphatic carbocycles. The van der Waals surface area contributed by atoms with Crippen LogP contribution in [0, 0.1) is 11.8 Å². The first-order chi connectivity index (χ1) is 12.7. The second kappa shape index (κ2) is 8.49. The highest BCUT2D eigenvalue weighted by Gasteiger charge is 2.31. The van der Waals surface area contributed by atoms with Gasteiger partial charge in [-0.15, -0.1) is 0 Å². The molecule has 6 nitrogen and oxygen atoms in total. The van der Waals surface area contributed by atoms with Gasteiger partial charge in [0.1, 0.15) is 0 Å². The third-order valence-corrected chi connectivity index (χ3v) is 4.74. The first-order valence-corrected chi connectivity index (χ1v) is 8.90. The Labute approximate surface area is 153 Å². The molecule has 3 amide bonds. The molecule has 0 saturated heterocycles. The van der Waals surface area contributed by atoms with Crippen molar-refractivity contribution in [1.29, 1.82) is 0 Å². The van der Waals surface area contributed by atoms with Gasteiger partial charge in [0, 0.05) is 23.0 Å². The summed E-state index contributed by atoms with van der Waals surface area (Å²) >= 11 is 0. The zero-order valence-electron chi connectivity index (χ0n) is 14.6. The Balaban J connectivity index is 1.53. The summed E-state index contributed by atoms with van der Waals surface area (Å²) in [6.45, 7) is 0.553. The number of para-hydroxylation sites is 1. The number of carbonyl (C=O) groups excluding carboxylic acids is 2. The van der Waals surface area contributed by atoms with Gasteiger partial charge in [0.15, 0.2) is 0 Å². The van der Waals surface area contributed by atoms with E-state index in [4.69, 9.17) is 5.73 Å². The van der Waals surface area contributed by atoms with Gasteiger partial charge in [0.05, 0.1) is 0 Å². The number of benzene rings is 2. The van der Waals surface area contributed by atoms with E-state index < -0.39 is 0 Å². The fourth-order valence-electron chi connectivity index (χ4n) is 3.35. The van der Waals surface area contributed by atoms with E-state index in [1.807, 2.05) is 30.3 Å². The third-order valence-electron chi connectivity index (χ3n) is 4.74. The Kier molecular flexibility index (Phi) is 5.86. The minimum atomic E-state index is -0.315. The van der Waals surface area contributed by atoms with Crippen molar-refractivity contribution in [3.05, 3.63) is 54.6 Å². The lowest BCUT2D eigenvalue weighted by Crippen LogP contribution is -2.29. The zero-order chi connectivity index (χ0) is 18.4. The van der Waals surface area contributed by atoms with Gasteiger partial charge in [-0.1, -0.05) is 24.6 Å². The van der Waals surface area contributed by atoms with Gasteiger partial charge in [-0.05, 0) is 61.7 Å². The van der Waals surface area contributed by atoms with Crippen molar-refractivity contribution in [2.24, 2.45) is 17.6 Å². The third kappa shape index (κ3) is 4.61. The number of carbonyl (C=O) groups is 2. The molecule has 136 valence electrons. The molecule has 3 rings (SSSR count). The van der Waals surface area contributed by atoms with Crippen LogP contribution < -0.4 is 21.7 Å². The molecular formula is C20H24N4O2. The summed E-state index contributed by atoms with van der Waals surface area (Å²) < 4.78 is 0. The molecule has 0 radical (unpaired) electrons. The minimum Gasteiger partial charge on any atom is -0.330 e. The van der Waals surface area contributed by atoms with Crippen LogP contribution in [-0.2, 0) is 4.79 Å². The predicted molar refractivity (Wildman–Crippen MR) is 104 cm³/mol. The van der Waals surface area contributed by atoms with E-state index in [-0.39, 0.29) is 23.8 Å². The lowest BCUT2D eigenvalue weighted by Gasteiger charge is -2.17. The van der Waals surface area contributed by atoms with Gasteiger partial charge in [-0.3, -0.25) is 4.79 Å². The Bertz CT molecular complexity index is 746. The van der Waals surface area contributed by atoms with E-state index in [0.29, 0.717) is 17.9 Å². The average Bonchev–Trinajstić information content (AvgIpc) is 3.13. The summed E-state index contributed by atoms with van der Waals surface area (Å²) in [7, 11) is 0. The Morgan fingerprint density at radius 3 is 2.04 bits per heavy atom. The quantitative estimate of drug-likeness (QED) is 0.661. The molecule has 2 aromatic carbocycles. The molecule has 1 fully saturated rings. The number of rotatable bonds is 5. The Hall–Kier alpha value is -2.86. The van der Waals surface area contributed by atoms with Crippen molar-refractivity contribution >= 4 is 29.0 Å². The van der Waals surface area contributed by atoms with Crippen molar-refractivity contribution < 1.29 is 9.59 Å². The van der Waals surface area contributed by atoms with Gasteiger partial charge >= 0.3 is 6.03 Å². The largest absolute Gasteiger partial charge is 0.330 e. The second-order valence-corrected chi connectivity index (χ2v) is 6.54. The van der Waals surface area contributed by atoms with E-state index in [1.54, 1.807) is 24.3 Å². The monoisotopic (exact) mass is 352 g/mol. The lowest BCUT2D eigenvalue weighted by atomic mass is 9.95. The highest BCUT2D eigenvalue weighted by atomic mass is 16.2. The van der Waals surface area contributed by atoms with Gasteiger partial charge in [0.2, 0.25) is 5.91 Å². The fourth-order valence-corrected chi connectivity index (χ4v) is 3.35. The molecule has 0 heterocycles. The highest BCUT2D eigenvalue weighted by Crippen LogP contribution is 2.31. The number of hydrogen-bond acceptors (Lipinski definition) is 3.